The molecule has 0 heteroatoms. The maximum absolute atomic E-state index is 7.49. The van der Waals surface area contributed by atoms with Crippen molar-refractivity contribution in [3.05, 3.63) is 11.6 Å². The fourth-order valence-corrected chi connectivity index (χ4v) is 0.650. The molecule has 0 aromatic carbocycles. The van der Waals surface area contributed by atoms with Gasteiger partial charge in [0.15, 0.2) is 0 Å². The van der Waals surface area contributed by atoms with E-state index in [9.17, 15) is 0 Å². The minimum Gasteiger partial charge on any atom is -0.0797 e. The summed E-state index contributed by atoms with van der Waals surface area (Å²) in [6.45, 7) is 9.90. The van der Waals surface area contributed by atoms with Crippen LogP contribution in [0, 0.1) is 10.8 Å². The molecule has 0 amide bonds. The second kappa shape index (κ2) is 3.00. The highest BCUT2D eigenvalue weighted by atomic mass is 14.2. The van der Waals surface area contributed by atoms with E-state index in [1.165, 1.54) is 0 Å². The zero-order chi connectivity index (χ0) is 11.8. The van der Waals surface area contributed by atoms with E-state index in [1.807, 2.05) is 47.6 Å². The monoisotopic (exact) mass is 157 g/mol. The summed E-state index contributed by atoms with van der Waals surface area (Å²) in [6, 6.07) is 0. The largest absolute Gasteiger partial charge is 0.0797 e. The predicted octanol–water partition coefficient (Wildman–Crippen LogP) is 4.02. The van der Waals surface area contributed by atoms with Crippen LogP contribution in [0.15, 0.2) is 11.6 Å². The molecule has 0 aromatic heterocycles. The Kier molecular flexibility index (Phi) is 1.71. The molecule has 0 aliphatic heterocycles. The summed E-state index contributed by atoms with van der Waals surface area (Å²) < 4.78 is 22.5. The Bertz CT molecular complexity index is 204. The van der Waals surface area contributed by atoms with E-state index in [0.717, 1.165) is 0 Å². The molecule has 0 saturated heterocycles. The van der Waals surface area contributed by atoms with Gasteiger partial charge in [-0.3, -0.25) is 0 Å². The second-order valence-electron chi connectivity index (χ2n) is 5.17. The van der Waals surface area contributed by atoms with Crippen LogP contribution in [0.1, 0.15) is 52.5 Å². The highest BCUT2D eigenvalue weighted by molar-refractivity contribution is 5.10. The maximum Gasteiger partial charge on any atom is 0.0276 e. The Morgan fingerprint density at radius 2 is 1.55 bits per heavy atom. The molecule has 0 atom stereocenters. The lowest BCUT2D eigenvalue weighted by atomic mass is 9.82. The van der Waals surface area contributed by atoms with Crippen molar-refractivity contribution < 1.29 is 4.11 Å². The van der Waals surface area contributed by atoms with Gasteiger partial charge >= 0.3 is 0 Å². The van der Waals surface area contributed by atoms with Crippen molar-refractivity contribution in [1.82, 2.24) is 0 Å². The fraction of sp³-hybridized carbons (Fsp3) is 0.818. The third-order valence-electron chi connectivity index (χ3n) is 1.39. The molecule has 0 N–H and O–H groups in total. The molecule has 11 heavy (non-hydrogen) atoms. The van der Waals surface area contributed by atoms with Crippen LogP contribution >= 0.6 is 0 Å². The average Bonchev–Trinajstić information content (AvgIpc) is 1.75. The fourth-order valence-electron chi connectivity index (χ4n) is 0.650. The normalized spacial score (nSPS) is 20.5. The zero-order valence-corrected chi connectivity index (χ0v) is 8.58. The number of hydrogen-bond donors (Lipinski definition) is 0. The van der Waals surface area contributed by atoms with Crippen LogP contribution in [0.3, 0.4) is 0 Å². The van der Waals surface area contributed by atoms with E-state index in [0.29, 0.717) is 5.57 Å². The molecule has 0 spiro atoms. The van der Waals surface area contributed by atoms with E-state index in [4.69, 9.17) is 4.11 Å². The van der Waals surface area contributed by atoms with Crippen LogP contribution in [0.4, 0.5) is 0 Å². The van der Waals surface area contributed by atoms with Crippen molar-refractivity contribution in [1.29, 1.82) is 0 Å². The molecular weight excluding hydrogens is 132 g/mol. The first-order chi connectivity index (χ1) is 5.84. The summed E-state index contributed by atoms with van der Waals surface area (Å²) in [7, 11) is 0. The van der Waals surface area contributed by atoms with Crippen molar-refractivity contribution in [3.63, 3.8) is 0 Å². The molecule has 0 fully saturated rings. The molecule has 0 unspecified atom stereocenters. The van der Waals surface area contributed by atoms with Gasteiger partial charge in [-0.15, -0.1) is 0 Å². The van der Waals surface area contributed by atoms with Crippen LogP contribution in [-0.2, 0) is 0 Å². The first-order valence-corrected chi connectivity index (χ1v) is 4.08. The van der Waals surface area contributed by atoms with Crippen LogP contribution in [0.2, 0.25) is 0 Å². The first kappa shape index (κ1) is 6.28. The van der Waals surface area contributed by atoms with Crippen LogP contribution in [0.25, 0.3) is 0 Å². The summed E-state index contributed by atoms with van der Waals surface area (Å²) in [4.78, 5) is 0. The van der Waals surface area contributed by atoms with Gasteiger partial charge in [-0.1, -0.05) is 53.2 Å². The van der Waals surface area contributed by atoms with Crippen molar-refractivity contribution in [2.24, 2.45) is 10.8 Å². The molecule has 66 valence electrons. The number of rotatable bonds is 0. The molecule has 0 radical (unpaired) electrons. The Labute approximate surface area is 75.9 Å². The molecule has 0 saturated carbocycles. The Balaban J connectivity index is 5.26. The van der Waals surface area contributed by atoms with Gasteiger partial charge in [0.25, 0.3) is 0 Å². The third kappa shape index (κ3) is 5.06. The lowest BCUT2D eigenvalue weighted by Crippen LogP contribution is -2.10. The summed E-state index contributed by atoms with van der Waals surface area (Å²) >= 11 is 0. The van der Waals surface area contributed by atoms with Gasteiger partial charge in [0, 0.05) is 4.11 Å². The Hall–Kier alpha value is -0.260. The second-order valence-corrected chi connectivity index (χ2v) is 5.17. The van der Waals surface area contributed by atoms with E-state index >= 15 is 0 Å². The maximum atomic E-state index is 7.49. The minimum atomic E-state index is -1.98. The lowest BCUT2D eigenvalue weighted by Gasteiger charge is -2.23. The molecule has 0 nitrogen and oxygen atoms in total. The average molecular weight is 157 g/mol. The van der Waals surface area contributed by atoms with E-state index in [1.54, 1.807) is 0 Å². The van der Waals surface area contributed by atoms with Gasteiger partial charge in [0.1, 0.15) is 0 Å². The molecule has 0 aromatic rings. The predicted molar refractivity (Wildman–Crippen MR) is 52.7 cm³/mol. The van der Waals surface area contributed by atoms with Crippen molar-refractivity contribution in [3.8, 4) is 0 Å². The van der Waals surface area contributed by atoms with E-state index in [2.05, 4.69) is 0 Å². The number of allylic oxidation sites excluding steroid dienone is 2. The standard InChI is InChI=1S/C11H22/c1-9(11(5,6)7)8-10(2,3)4/h8H,1-7H3/b9-8-/i1D3. The SMILES string of the molecule is [2H]C([2H])([2H])/C(=C/C(C)(C)C)C(C)(C)C. The van der Waals surface area contributed by atoms with Gasteiger partial charge in [-0.2, -0.15) is 0 Å². The van der Waals surface area contributed by atoms with Crippen LogP contribution in [0.5, 0.6) is 0 Å². The molecule has 0 heterocycles. The topological polar surface area (TPSA) is 0 Å². The first-order valence-electron chi connectivity index (χ1n) is 5.58. The minimum absolute atomic E-state index is 0.0863. The quantitative estimate of drug-likeness (QED) is 0.466. The van der Waals surface area contributed by atoms with Crippen LogP contribution < -0.4 is 0 Å². The third-order valence-corrected chi connectivity index (χ3v) is 1.39. The molecule has 0 bridgehead atoms. The van der Waals surface area contributed by atoms with Crippen molar-refractivity contribution >= 4 is 0 Å². The van der Waals surface area contributed by atoms with Crippen LogP contribution in [-0.4, -0.2) is 0 Å². The molecule has 0 aliphatic rings. The molecular formula is C11H22. The van der Waals surface area contributed by atoms with Gasteiger partial charge in [-0.25, -0.2) is 0 Å². The van der Waals surface area contributed by atoms with E-state index in [-0.39, 0.29) is 10.8 Å². The summed E-state index contributed by atoms with van der Waals surface area (Å²) in [5, 5.41) is 0. The summed E-state index contributed by atoms with van der Waals surface area (Å²) in [5.41, 5.74) is 0.174. The Morgan fingerprint density at radius 3 is 1.64 bits per heavy atom. The highest BCUT2D eigenvalue weighted by Crippen LogP contribution is 2.29. The highest BCUT2D eigenvalue weighted by Gasteiger charge is 2.15. The number of hydrogen-bond acceptors (Lipinski definition) is 0. The summed E-state index contributed by atoms with van der Waals surface area (Å²) in [5.74, 6) is 0. The molecule has 0 aliphatic carbocycles. The van der Waals surface area contributed by atoms with Gasteiger partial charge in [0.2, 0.25) is 0 Å². The van der Waals surface area contributed by atoms with E-state index < -0.39 is 6.85 Å². The van der Waals surface area contributed by atoms with Gasteiger partial charge in [-0.05, 0) is 17.7 Å². The van der Waals surface area contributed by atoms with Gasteiger partial charge in [0.05, 0.1) is 0 Å². The lowest BCUT2D eigenvalue weighted by molar-refractivity contribution is 0.471. The van der Waals surface area contributed by atoms with Crippen molar-refractivity contribution in [2.45, 2.75) is 48.4 Å². The summed E-state index contributed by atoms with van der Waals surface area (Å²) in [6.07, 6.45) is 1.88. The van der Waals surface area contributed by atoms with Crippen molar-refractivity contribution in [2.75, 3.05) is 0 Å². The smallest absolute Gasteiger partial charge is 0.0276 e. The Morgan fingerprint density at radius 1 is 1.09 bits per heavy atom. The van der Waals surface area contributed by atoms with Gasteiger partial charge < -0.3 is 0 Å². The molecule has 0 rings (SSSR count). The zero-order valence-electron chi connectivity index (χ0n) is 11.6.